The minimum absolute atomic E-state index is 0.0960. The van der Waals surface area contributed by atoms with Crippen LogP contribution in [0.15, 0.2) is 53.3 Å². The number of carbonyl (C=O) groups excluding carboxylic acids is 2. The Bertz CT molecular complexity index is 1430. The number of nitrogens with one attached hydrogen (secondary N) is 2. The van der Waals surface area contributed by atoms with E-state index >= 15 is 0 Å². The molecule has 1 aromatic heterocycles. The molecule has 16 heteroatoms. The Hall–Kier alpha value is -3.82. The number of benzene rings is 2. The van der Waals surface area contributed by atoms with Crippen molar-refractivity contribution in [1.29, 1.82) is 0 Å². The highest BCUT2D eigenvalue weighted by atomic mass is 35.5. The van der Waals surface area contributed by atoms with Gasteiger partial charge in [-0.2, -0.15) is 13.2 Å². The number of rotatable bonds is 13. The number of amides is 2. The molecular weight excluding hydrogens is 593 g/mol. The van der Waals surface area contributed by atoms with Crippen molar-refractivity contribution >= 4 is 23.4 Å². The molecule has 0 aliphatic carbocycles. The molecule has 2 amide bonds. The van der Waals surface area contributed by atoms with Crippen LogP contribution in [0.25, 0.3) is 11.4 Å². The van der Waals surface area contributed by atoms with Crippen molar-refractivity contribution in [1.82, 2.24) is 25.0 Å². The fourth-order valence-electron chi connectivity index (χ4n) is 3.86. The summed E-state index contributed by atoms with van der Waals surface area (Å²) in [5.41, 5.74) is -2.00. The monoisotopic (exact) mass is 619 g/mol. The van der Waals surface area contributed by atoms with Gasteiger partial charge in [0.25, 0.3) is 6.43 Å². The number of hydrogen-bond donors (Lipinski definition) is 3. The van der Waals surface area contributed by atoms with Crippen LogP contribution in [-0.4, -0.2) is 64.1 Å². The number of carbonyl (C=O) groups is 2. The second-order valence-corrected chi connectivity index (χ2v) is 9.48. The molecule has 0 spiro atoms. The summed E-state index contributed by atoms with van der Waals surface area (Å²) < 4.78 is 72.4. The molecule has 42 heavy (non-hydrogen) atoms. The van der Waals surface area contributed by atoms with Crippen LogP contribution in [0, 0.1) is 0 Å². The molecule has 228 valence electrons. The van der Waals surface area contributed by atoms with E-state index in [1.165, 1.54) is 37.4 Å². The summed E-state index contributed by atoms with van der Waals surface area (Å²) in [6.45, 7) is -1.29. The van der Waals surface area contributed by atoms with Gasteiger partial charge < -0.3 is 20.5 Å². The fourth-order valence-corrected chi connectivity index (χ4v) is 3.98. The topological polar surface area (TPSA) is 127 Å². The molecule has 3 rings (SSSR count). The lowest BCUT2D eigenvalue weighted by Gasteiger charge is -2.20. The summed E-state index contributed by atoms with van der Waals surface area (Å²) in [6.07, 6.45) is -9.75. The van der Waals surface area contributed by atoms with Gasteiger partial charge in [-0.3, -0.25) is 14.2 Å². The van der Waals surface area contributed by atoms with Crippen LogP contribution in [-0.2, 0) is 33.6 Å². The van der Waals surface area contributed by atoms with E-state index in [1.54, 1.807) is 0 Å². The Labute approximate surface area is 241 Å². The number of aromatic nitrogens is 3. The number of nitrogens with zero attached hydrogens (tertiary/aromatic N) is 3. The Balaban J connectivity index is 1.92. The lowest BCUT2D eigenvalue weighted by atomic mass is 10.0. The van der Waals surface area contributed by atoms with Gasteiger partial charge in [-0.25, -0.2) is 18.3 Å². The van der Waals surface area contributed by atoms with Crippen molar-refractivity contribution in [2.45, 2.75) is 44.3 Å². The molecule has 0 fully saturated rings. The molecule has 3 N–H and O–H groups in total. The first-order valence-corrected chi connectivity index (χ1v) is 12.8. The van der Waals surface area contributed by atoms with E-state index in [-0.39, 0.29) is 23.5 Å². The van der Waals surface area contributed by atoms with Crippen LogP contribution in [0.1, 0.15) is 23.6 Å². The minimum Gasteiger partial charge on any atom is -0.385 e. The van der Waals surface area contributed by atoms with E-state index in [2.05, 4.69) is 15.7 Å². The molecule has 2 aromatic carbocycles. The third-order valence-corrected chi connectivity index (χ3v) is 6.17. The maximum atomic E-state index is 13.3. The van der Waals surface area contributed by atoms with E-state index in [1.807, 2.05) is 0 Å². The second-order valence-electron chi connectivity index (χ2n) is 9.04. The number of halogens is 6. The summed E-state index contributed by atoms with van der Waals surface area (Å²) in [6, 6.07) is 8.01. The van der Waals surface area contributed by atoms with Crippen LogP contribution >= 0.6 is 11.6 Å². The third kappa shape index (κ3) is 8.59. The second kappa shape index (κ2) is 14.4. The van der Waals surface area contributed by atoms with Gasteiger partial charge in [0.2, 0.25) is 11.8 Å². The van der Waals surface area contributed by atoms with E-state index in [4.69, 9.17) is 16.3 Å². The quantitative estimate of drug-likeness (QED) is 0.199. The maximum Gasteiger partial charge on any atom is 0.416 e. The zero-order valence-corrected chi connectivity index (χ0v) is 22.8. The van der Waals surface area contributed by atoms with Gasteiger partial charge in [0.15, 0.2) is 5.82 Å². The molecular formula is C26H27ClF5N5O5. The Kier molecular flexibility index (Phi) is 11.2. The standard InChI is InChI=1S/C26H27ClF5N5O5/c1-42-11-3-10-33-24(40)21(16-4-2-5-17(12-16)26(30,31)32)34-20(39)14-37-25(41)36(13-19(38)22(28)29)23(35-37)15-6-8-18(27)9-7-15/h2,4-9,12,19,21-22,38H,3,10-11,13-14H2,1H3,(H,33,40)(H,34,39). The van der Waals surface area contributed by atoms with Gasteiger partial charge in [0.05, 0.1) is 12.1 Å². The number of hydrogen-bond acceptors (Lipinski definition) is 6. The molecule has 10 nitrogen and oxygen atoms in total. The zero-order chi connectivity index (χ0) is 31.0. The fraction of sp³-hybridized carbons (Fsp3) is 0.385. The molecule has 0 aliphatic heterocycles. The lowest BCUT2D eigenvalue weighted by Crippen LogP contribution is -2.43. The zero-order valence-electron chi connectivity index (χ0n) is 22.1. The summed E-state index contributed by atoms with van der Waals surface area (Å²) in [4.78, 5) is 39.0. The largest absolute Gasteiger partial charge is 0.416 e. The molecule has 0 radical (unpaired) electrons. The number of aliphatic hydroxyl groups excluding tert-OH is 1. The normalized spacial score (nSPS) is 13.2. The predicted molar refractivity (Wildman–Crippen MR) is 141 cm³/mol. The Morgan fingerprint density at radius 3 is 2.45 bits per heavy atom. The summed E-state index contributed by atoms with van der Waals surface area (Å²) in [5, 5.41) is 18.9. The first kappa shape index (κ1) is 32.7. The first-order chi connectivity index (χ1) is 19.8. The van der Waals surface area contributed by atoms with E-state index in [0.717, 1.165) is 16.7 Å². The van der Waals surface area contributed by atoms with Crippen LogP contribution in [0.2, 0.25) is 5.02 Å². The van der Waals surface area contributed by atoms with Crippen molar-refractivity contribution in [3.05, 3.63) is 75.2 Å². The molecule has 2 atom stereocenters. The summed E-state index contributed by atoms with van der Waals surface area (Å²) in [5.74, 6) is -1.97. The van der Waals surface area contributed by atoms with Crippen LogP contribution in [0.5, 0.6) is 0 Å². The van der Waals surface area contributed by atoms with Gasteiger partial charge in [-0.1, -0.05) is 23.7 Å². The van der Waals surface area contributed by atoms with Crippen LogP contribution in [0.4, 0.5) is 22.0 Å². The van der Waals surface area contributed by atoms with Gasteiger partial charge >= 0.3 is 11.9 Å². The van der Waals surface area contributed by atoms with E-state index in [9.17, 15) is 41.4 Å². The van der Waals surface area contributed by atoms with Gasteiger partial charge in [-0.15, -0.1) is 5.10 Å². The first-order valence-electron chi connectivity index (χ1n) is 12.4. The maximum absolute atomic E-state index is 13.3. The molecule has 0 saturated carbocycles. The average molecular weight is 620 g/mol. The Morgan fingerprint density at radius 1 is 1.14 bits per heavy atom. The van der Waals surface area contributed by atoms with Crippen molar-refractivity contribution in [2.75, 3.05) is 20.3 Å². The molecule has 0 bridgehead atoms. The predicted octanol–water partition coefficient (Wildman–Crippen LogP) is 3.02. The highest BCUT2D eigenvalue weighted by Gasteiger charge is 2.32. The molecule has 1 heterocycles. The number of aliphatic hydroxyl groups is 1. The van der Waals surface area contributed by atoms with Crippen molar-refractivity contribution in [3.8, 4) is 11.4 Å². The SMILES string of the molecule is COCCCNC(=O)C(NC(=O)Cn1nc(-c2ccc(Cl)cc2)n(CC(O)C(F)F)c1=O)c1cccc(C(F)(F)F)c1. The highest BCUT2D eigenvalue weighted by Crippen LogP contribution is 2.31. The molecule has 0 saturated heterocycles. The number of ether oxygens (including phenoxy) is 1. The lowest BCUT2D eigenvalue weighted by molar-refractivity contribution is -0.137. The van der Waals surface area contributed by atoms with Gasteiger partial charge in [-0.05, 0) is 48.4 Å². The highest BCUT2D eigenvalue weighted by molar-refractivity contribution is 6.30. The summed E-state index contributed by atoms with van der Waals surface area (Å²) >= 11 is 5.89. The number of methoxy groups -OCH3 is 1. The van der Waals surface area contributed by atoms with Crippen molar-refractivity contribution in [3.63, 3.8) is 0 Å². The van der Waals surface area contributed by atoms with Gasteiger partial charge in [0, 0.05) is 30.8 Å². The number of alkyl halides is 5. The molecule has 3 aromatic rings. The third-order valence-electron chi connectivity index (χ3n) is 5.92. The van der Waals surface area contributed by atoms with Crippen molar-refractivity contribution < 1.29 is 41.4 Å². The smallest absolute Gasteiger partial charge is 0.385 e. The van der Waals surface area contributed by atoms with Crippen molar-refractivity contribution in [2.24, 2.45) is 0 Å². The summed E-state index contributed by atoms with van der Waals surface area (Å²) in [7, 11) is 1.45. The molecule has 2 unspecified atom stereocenters. The average Bonchev–Trinajstić information content (AvgIpc) is 3.23. The Morgan fingerprint density at radius 2 is 1.83 bits per heavy atom. The van der Waals surface area contributed by atoms with E-state index < -0.39 is 60.9 Å². The van der Waals surface area contributed by atoms with Crippen LogP contribution in [0.3, 0.4) is 0 Å². The van der Waals surface area contributed by atoms with Crippen LogP contribution < -0.4 is 16.3 Å². The minimum atomic E-state index is -4.72. The molecule has 0 aliphatic rings. The van der Waals surface area contributed by atoms with Gasteiger partial charge in [0.1, 0.15) is 18.7 Å². The van der Waals surface area contributed by atoms with E-state index in [0.29, 0.717) is 28.8 Å².